The quantitative estimate of drug-likeness (QED) is 0.652. The molecule has 1 aliphatic heterocycles. The molecular formula is C23H26N4O4. The van der Waals surface area contributed by atoms with Crippen LogP contribution in [0.2, 0.25) is 0 Å². The number of nitrogens with zero attached hydrogens (tertiary/aromatic N) is 3. The van der Waals surface area contributed by atoms with Crippen molar-refractivity contribution in [3.63, 3.8) is 0 Å². The van der Waals surface area contributed by atoms with Gasteiger partial charge >= 0.3 is 6.03 Å². The third-order valence-electron chi connectivity index (χ3n) is 5.52. The van der Waals surface area contributed by atoms with Crippen molar-refractivity contribution in [1.29, 1.82) is 0 Å². The van der Waals surface area contributed by atoms with Crippen LogP contribution < -0.4 is 14.8 Å². The standard InChI is InChI=1S/C23H26N4O4/c1-15-4-6-16(7-5-15)21-25-22(31-26-21)17-10-12-27(13-11-17)23(28)24-18-8-9-19(29-2)20(14-18)30-3/h4-9,14,17H,10-13H2,1-3H3,(H,24,28). The Hall–Kier alpha value is -3.55. The first kappa shape index (κ1) is 20.7. The molecule has 8 heteroatoms. The smallest absolute Gasteiger partial charge is 0.321 e. The van der Waals surface area contributed by atoms with Gasteiger partial charge in [0.2, 0.25) is 11.7 Å². The van der Waals surface area contributed by atoms with E-state index in [2.05, 4.69) is 15.5 Å². The van der Waals surface area contributed by atoms with Gasteiger partial charge < -0.3 is 24.2 Å². The molecule has 2 amide bonds. The number of piperidine rings is 1. The zero-order chi connectivity index (χ0) is 21.8. The van der Waals surface area contributed by atoms with Gasteiger partial charge in [-0.1, -0.05) is 35.0 Å². The van der Waals surface area contributed by atoms with Gasteiger partial charge in [-0.3, -0.25) is 0 Å². The third kappa shape index (κ3) is 4.63. The maximum atomic E-state index is 12.7. The molecule has 0 atom stereocenters. The molecule has 1 saturated heterocycles. The number of nitrogens with one attached hydrogen (secondary N) is 1. The monoisotopic (exact) mass is 422 g/mol. The third-order valence-corrected chi connectivity index (χ3v) is 5.52. The second-order valence-electron chi connectivity index (χ2n) is 7.58. The Morgan fingerprint density at radius 3 is 2.45 bits per heavy atom. The highest BCUT2D eigenvalue weighted by atomic mass is 16.5. The Labute approximate surface area is 181 Å². The molecule has 3 aromatic rings. The summed E-state index contributed by atoms with van der Waals surface area (Å²) in [6.07, 6.45) is 1.55. The molecular weight excluding hydrogens is 396 g/mol. The Balaban J connectivity index is 1.34. The van der Waals surface area contributed by atoms with E-state index in [1.54, 1.807) is 37.3 Å². The maximum Gasteiger partial charge on any atom is 0.321 e. The fourth-order valence-corrected chi connectivity index (χ4v) is 3.67. The van der Waals surface area contributed by atoms with Crippen LogP contribution in [0.4, 0.5) is 10.5 Å². The van der Waals surface area contributed by atoms with Gasteiger partial charge in [-0.05, 0) is 31.9 Å². The Morgan fingerprint density at radius 2 is 1.77 bits per heavy atom. The molecule has 0 saturated carbocycles. The molecule has 0 spiro atoms. The number of anilines is 1. The number of carbonyl (C=O) groups excluding carboxylic acids is 1. The Bertz CT molecular complexity index is 1040. The first-order chi connectivity index (χ1) is 15.1. The zero-order valence-electron chi connectivity index (χ0n) is 17.9. The lowest BCUT2D eigenvalue weighted by molar-refractivity contribution is 0.187. The molecule has 162 valence electrons. The van der Waals surface area contributed by atoms with Crippen LogP contribution in [-0.4, -0.2) is 48.4 Å². The average molecular weight is 422 g/mol. The van der Waals surface area contributed by atoms with Crippen molar-refractivity contribution in [2.24, 2.45) is 0 Å². The fraction of sp³-hybridized carbons (Fsp3) is 0.348. The zero-order valence-corrected chi connectivity index (χ0v) is 17.9. The maximum absolute atomic E-state index is 12.7. The molecule has 1 aliphatic rings. The van der Waals surface area contributed by atoms with Crippen LogP contribution in [0.1, 0.15) is 30.2 Å². The molecule has 0 bridgehead atoms. The van der Waals surface area contributed by atoms with E-state index < -0.39 is 0 Å². The number of amides is 2. The molecule has 1 N–H and O–H groups in total. The van der Waals surface area contributed by atoms with Gasteiger partial charge in [0, 0.05) is 36.3 Å². The van der Waals surface area contributed by atoms with Gasteiger partial charge in [0.25, 0.3) is 0 Å². The van der Waals surface area contributed by atoms with Crippen LogP contribution in [0.3, 0.4) is 0 Å². The van der Waals surface area contributed by atoms with Gasteiger partial charge in [-0.2, -0.15) is 4.98 Å². The van der Waals surface area contributed by atoms with Crippen molar-refractivity contribution >= 4 is 11.7 Å². The van der Waals surface area contributed by atoms with Crippen molar-refractivity contribution in [3.05, 3.63) is 53.9 Å². The highest BCUT2D eigenvalue weighted by Crippen LogP contribution is 2.31. The van der Waals surface area contributed by atoms with E-state index in [0.717, 1.165) is 18.4 Å². The molecule has 2 heterocycles. The highest BCUT2D eigenvalue weighted by molar-refractivity contribution is 5.89. The lowest BCUT2D eigenvalue weighted by Gasteiger charge is -2.30. The van der Waals surface area contributed by atoms with Gasteiger partial charge in [-0.25, -0.2) is 4.79 Å². The summed E-state index contributed by atoms with van der Waals surface area (Å²) in [5.74, 6) is 2.57. The molecule has 4 rings (SSSR count). The number of benzene rings is 2. The minimum absolute atomic E-state index is 0.142. The van der Waals surface area contributed by atoms with Crippen LogP contribution in [0.25, 0.3) is 11.4 Å². The number of ether oxygens (including phenoxy) is 2. The minimum Gasteiger partial charge on any atom is -0.493 e. The summed E-state index contributed by atoms with van der Waals surface area (Å²) >= 11 is 0. The summed E-state index contributed by atoms with van der Waals surface area (Å²) in [4.78, 5) is 19.1. The summed E-state index contributed by atoms with van der Waals surface area (Å²) in [6, 6.07) is 13.2. The van der Waals surface area contributed by atoms with E-state index in [9.17, 15) is 4.79 Å². The lowest BCUT2D eigenvalue weighted by Crippen LogP contribution is -2.40. The topological polar surface area (TPSA) is 89.7 Å². The van der Waals surface area contributed by atoms with Crippen molar-refractivity contribution in [1.82, 2.24) is 15.0 Å². The minimum atomic E-state index is -0.142. The molecule has 0 aliphatic carbocycles. The van der Waals surface area contributed by atoms with E-state index in [-0.39, 0.29) is 11.9 Å². The number of likely N-dealkylation sites (tertiary alicyclic amines) is 1. The summed E-state index contributed by atoms with van der Waals surface area (Å²) < 4.78 is 16.0. The molecule has 0 unspecified atom stereocenters. The van der Waals surface area contributed by atoms with Crippen LogP contribution in [0.15, 0.2) is 47.0 Å². The van der Waals surface area contributed by atoms with E-state index in [4.69, 9.17) is 14.0 Å². The van der Waals surface area contributed by atoms with Gasteiger partial charge in [-0.15, -0.1) is 0 Å². The number of aryl methyl sites for hydroxylation is 1. The first-order valence-corrected chi connectivity index (χ1v) is 10.3. The van der Waals surface area contributed by atoms with Crippen molar-refractivity contribution in [3.8, 4) is 22.9 Å². The number of methoxy groups -OCH3 is 2. The first-order valence-electron chi connectivity index (χ1n) is 10.3. The average Bonchev–Trinajstić information content (AvgIpc) is 3.30. The van der Waals surface area contributed by atoms with E-state index in [0.29, 0.717) is 42.0 Å². The molecule has 8 nitrogen and oxygen atoms in total. The van der Waals surface area contributed by atoms with Gasteiger partial charge in [0.05, 0.1) is 14.2 Å². The van der Waals surface area contributed by atoms with Crippen molar-refractivity contribution in [2.75, 3.05) is 32.6 Å². The number of carbonyl (C=O) groups is 1. The highest BCUT2D eigenvalue weighted by Gasteiger charge is 2.28. The Morgan fingerprint density at radius 1 is 1.06 bits per heavy atom. The molecule has 1 fully saturated rings. The van der Waals surface area contributed by atoms with Crippen LogP contribution in [0.5, 0.6) is 11.5 Å². The summed E-state index contributed by atoms with van der Waals surface area (Å²) in [5.41, 5.74) is 2.78. The number of hydrogen-bond donors (Lipinski definition) is 1. The molecule has 1 aromatic heterocycles. The number of hydrogen-bond acceptors (Lipinski definition) is 6. The van der Waals surface area contributed by atoms with Crippen molar-refractivity contribution < 1.29 is 18.8 Å². The molecule has 31 heavy (non-hydrogen) atoms. The van der Waals surface area contributed by atoms with E-state index in [1.807, 2.05) is 31.2 Å². The van der Waals surface area contributed by atoms with E-state index in [1.165, 1.54) is 5.56 Å². The van der Waals surface area contributed by atoms with Gasteiger partial charge in [0.1, 0.15) is 0 Å². The number of rotatable bonds is 5. The van der Waals surface area contributed by atoms with Crippen LogP contribution in [0, 0.1) is 6.92 Å². The molecule has 2 aromatic carbocycles. The summed E-state index contributed by atoms with van der Waals surface area (Å²) in [5, 5.41) is 7.05. The predicted molar refractivity (Wildman–Crippen MR) is 117 cm³/mol. The number of aromatic nitrogens is 2. The van der Waals surface area contributed by atoms with Crippen LogP contribution in [-0.2, 0) is 0 Å². The SMILES string of the molecule is COc1ccc(NC(=O)N2CCC(c3nc(-c4ccc(C)cc4)no3)CC2)cc1OC. The lowest BCUT2D eigenvalue weighted by atomic mass is 9.97. The fourth-order valence-electron chi connectivity index (χ4n) is 3.67. The normalized spacial score (nSPS) is 14.4. The van der Waals surface area contributed by atoms with E-state index >= 15 is 0 Å². The second-order valence-corrected chi connectivity index (χ2v) is 7.58. The van der Waals surface area contributed by atoms with Gasteiger partial charge in [0.15, 0.2) is 11.5 Å². The largest absolute Gasteiger partial charge is 0.493 e. The second kappa shape index (κ2) is 9.07. The Kier molecular flexibility index (Phi) is 6.06. The number of urea groups is 1. The summed E-state index contributed by atoms with van der Waals surface area (Å²) in [7, 11) is 3.14. The molecule has 0 radical (unpaired) electrons. The predicted octanol–water partition coefficient (Wildman–Crippen LogP) is 4.47. The van der Waals surface area contributed by atoms with Crippen molar-refractivity contribution in [2.45, 2.75) is 25.7 Å². The van der Waals surface area contributed by atoms with Crippen LogP contribution >= 0.6 is 0 Å². The summed E-state index contributed by atoms with van der Waals surface area (Å²) in [6.45, 7) is 3.28.